The molecule has 1 aliphatic heterocycles. The van der Waals surface area contributed by atoms with Crippen LogP contribution in [0.15, 0.2) is 42.1 Å². The molecular weight excluding hydrogens is 302 g/mol. The van der Waals surface area contributed by atoms with E-state index in [1.165, 1.54) is 0 Å². The summed E-state index contributed by atoms with van der Waals surface area (Å²) in [6.45, 7) is 7.10. The first kappa shape index (κ1) is 16.4. The maximum atomic E-state index is 12.0. The van der Waals surface area contributed by atoms with Gasteiger partial charge in [-0.2, -0.15) is 0 Å². The van der Waals surface area contributed by atoms with Gasteiger partial charge < -0.3 is 15.1 Å². The van der Waals surface area contributed by atoms with E-state index < -0.39 is 0 Å². The van der Waals surface area contributed by atoms with Gasteiger partial charge >= 0.3 is 6.03 Å². The lowest BCUT2D eigenvalue weighted by Crippen LogP contribution is -2.43. The highest BCUT2D eigenvalue weighted by atomic mass is 35.5. The molecule has 1 aromatic carbocycles. The number of carbonyl (C=O) groups excluding carboxylic acids is 1. The minimum atomic E-state index is -0.145. The number of urea groups is 1. The van der Waals surface area contributed by atoms with E-state index in [4.69, 9.17) is 16.4 Å². The summed E-state index contributed by atoms with van der Waals surface area (Å²) in [5.74, 6) is 0. The standard InChI is InChI=1S/C16H20ClN3O2/c1-3-9-20(16(21)18-4-2)11-14-10-15(19-22-14)12-5-7-13(17)8-6-12/h3,5-8,14H,1,4,9-11H2,2H3,(H,18,21). The molecule has 2 rings (SSSR count). The van der Waals surface area contributed by atoms with Crippen LogP contribution in [0.4, 0.5) is 4.79 Å². The van der Waals surface area contributed by atoms with E-state index >= 15 is 0 Å². The van der Waals surface area contributed by atoms with Crippen LogP contribution in [0.25, 0.3) is 0 Å². The van der Waals surface area contributed by atoms with Crippen LogP contribution in [0.5, 0.6) is 0 Å². The Morgan fingerprint density at radius 1 is 1.55 bits per heavy atom. The van der Waals surface area contributed by atoms with Crippen LogP contribution in [0, 0.1) is 0 Å². The zero-order chi connectivity index (χ0) is 15.9. The van der Waals surface area contributed by atoms with Gasteiger partial charge in [0.05, 0.1) is 12.3 Å². The minimum Gasteiger partial charge on any atom is -0.390 e. The van der Waals surface area contributed by atoms with Crippen molar-refractivity contribution in [2.75, 3.05) is 19.6 Å². The number of rotatable bonds is 6. The molecule has 1 atom stereocenters. The molecular formula is C16H20ClN3O2. The molecule has 2 amide bonds. The van der Waals surface area contributed by atoms with Crippen LogP contribution >= 0.6 is 11.6 Å². The van der Waals surface area contributed by atoms with Crippen molar-refractivity contribution in [3.8, 4) is 0 Å². The largest absolute Gasteiger partial charge is 0.390 e. The van der Waals surface area contributed by atoms with Gasteiger partial charge in [0.25, 0.3) is 0 Å². The number of oxime groups is 1. The Labute approximate surface area is 135 Å². The summed E-state index contributed by atoms with van der Waals surface area (Å²) < 4.78 is 0. The SMILES string of the molecule is C=CCN(CC1CC(c2ccc(Cl)cc2)=NO1)C(=O)NCC. The van der Waals surface area contributed by atoms with Crippen LogP contribution in [0.3, 0.4) is 0 Å². The molecule has 22 heavy (non-hydrogen) atoms. The second-order valence-electron chi connectivity index (χ2n) is 5.01. The summed E-state index contributed by atoms with van der Waals surface area (Å²) in [4.78, 5) is 19.1. The summed E-state index contributed by atoms with van der Waals surface area (Å²) in [6.07, 6.45) is 2.22. The first-order valence-electron chi connectivity index (χ1n) is 7.26. The second-order valence-corrected chi connectivity index (χ2v) is 5.44. The maximum absolute atomic E-state index is 12.0. The number of benzene rings is 1. The molecule has 1 N–H and O–H groups in total. The van der Waals surface area contributed by atoms with Gasteiger partial charge in [0.15, 0.2) is 6.10 Å². The van der Waals surface area contributed by atoms with Crippen LogP contribution in [0.2, 0.25) is 5.02 Å². The van der Waals surface area contributed by atoms with Crippen molar-refractivity contribution in [1.82, 2.24) is 10.2 Å². The Morgan fingerprint density at radius 3 is 2.91 bits per heavy atom. The smallest absolute Gasteiger partial charge is 0.317 e. The normalized spacial score (nSPS) is 16.6. The van der Waals surface area contributed by atoms with Crippen LogP contribution in [0.1, 0.15) is 18.9 Å². The number of nitrogens with one attached hydrogen (secondary N) is 1. The lowest BCUT2D eigenvalue weighted by atomic mass is 10.0. The van der Waals surface area contributed by atoms with Crippen LogP contribution < -0.4 is 5.32 Å². The topological polar surface area (TPSA) is 53.9 Å². The Bertz CT molecular complexity index is 557. The molecule has 0 saturated carbocycles. The lowest BCUT2D eigenvalue weighted by molar-refractivity contribution is 0.0630. The third kappa shape index (κ3) is 4.24. The molecule has 0 saturated heterocycles. The van der Waals surface area contributed by atoms with Gasteiger partial charge in [-0.3, -0.25) is 0 Å². The van der Waals surface area contributed by atoms with E-state index in [2.05, 4.69) is 17.1 Å². The number of halogens is 1. The van der Waals surface area contributed by atoms with Gasteiger partial charge in [0.1, 0.15) is 0 Å². The monoisotopic (exact) mass is 321 g/mol. The van der Waals surface area contributed by atoms with Crippen molar-refractivity contribution in [2.24, 2.45) is 5.16 Å². The third-order valence-corrected chi connectivity index (χ3v) is 3.55. The quantitative estimate of drug-likeness (QED) is 0.819. The Hall–Kier alpha value is -2.01. The van der Waals surface area contributed by atoms with Gasteiger partial charge in [0.2, 0.25) is 0 Å². The van der Waals surface area contributed by atoms with Crippen molar-refractivity contribution in [3.63, 3.8) is 0 Å². The highest BCUT2D eigenvalue weighted by molar-refractivity contribution is 6.30. The minimum absolute atomic E-state index is 0.119. The molecule has 0 aliphatic carbocycles. The van der Waals surface area contributed by atoms with Crippen molar-refractivity contribution < 1.29 is 9.63 Å². The fraction of sp³-hybridized carbons (Fsp3) is 0.375. The zero-order valence-electron chi connectivity index (χ0n) is 12.6. The van der Waals surface area contributed by atoms with Crippen molar-refractivity contribution in [1.29, 1.82) is 0 Å². The molecule has 6 heteroatoms. The second kappa shape index (κ2) is 7.84. The Balaban J connectivity index is 1.94. The van der Waals surface area contributed by atoms with E-state index in [1.54, 1.807) is 11.0 Å². The molecule has 1 aromatic rings. The highest BCUT2D eigenvalue weighted by Crippen LogP contribution is 2.19. The highest BCUT2D eigenvalue weighted by Gasteiger charge is 2.26. The van der Waals surface area contributed by atoms with Crippen LogP contribution in [-0.2, 0) is 4.84 Å². The molecule has 1 heterocycles. The summed E-state index contributed by atoms with van der Waals surface area (Å²) in [7, 11) is 0. The number of nitrogens with zero attached hydrogens (tertiary/aromatic N) is 2. The predicted molar refractivity (Wildman–Crippen MR) is 88.3 cm³/mol. The molecule has 0 radical (unpaired) electrons. The van der Waals surface area contributed by atoms with Crippen LogP contribution in [-0.4, -0.2) is 42.4 Å². The van der Waals surface area contributed by atoms with Crippen molar-refractivity contribution in [3.05, 3.63) is 47.5 Å². The summed E-state index contributed by atoms with van der Waals surface area (Å²) >= 11 is 5.88. The lowest BCUT2D eigenvalue weighted by Gasteiger charge is -2.23. The van der Waals surface area contributed by atoms with E-state index in [1.807, 2.05) is 31.2 Å². The van der Waals surface area contributed by atoms with E-state index in [-0.39, 0.29) is 12.1 Å². The zero-order valence-corrected chi connectivity index (χ0v) is 13.3. The van der Waals surface area contributed by atoms with Crippen molar-refractivity contribution in [2.45, 2.75) is 19.4 Å². The molecule has 0 fully saturated rings. The van der Waals surface area contributed by atoms with Gasteiger partial charge in [-0.15, -0.1) is 6.58 Å². The van der Waals surface area contributed by atoms with E-state index in [0.29, 0.717) is 31.1 Å². The van der Waals surface area contributed by atoms with Gasteiger partial charge in [-0.05, 0) is 24.6 Å². The van der Waals surface area contributed by atoms with Gasteiger partial charge in [-0.1, -0.05) is 35.0 Å². The molecule has 0 spiro atoms. The van der Waals surface area contributed by atoms with E-state index in [9.17, 15) is 4.79 Å². The molecule has 1 unspecified atom stereocenters. The fourth-order valence-corrected chi connectivity index (χ4v) is 2.37. The maximum Gasteiger partial charge on any atom is 0.317 e. The fourth-order valence-electron chi connectivity index (χ4n) is 2.24. The first-order chi connectivity index (χ1) is 10.6. The molecule has 118 valence electrons. The van der Waals surface area contributed by atoms with Gasteiger partial charge in [-0.25, -0.2) is 4.79 Å². The summed E-state index contributed by atoms with van der Waals surface area (Å²) in [5, 5.41) is 7.60. The molecule has 5 nitrogen and oxygen atoms in total. The Kier molecular flexibility index (Phi) is 5.83. The molecule has 0 aromatic heterocycles. The average Bonchev–Trinajstić information content (AvgIpc) is 2.96. The van der Waals surface area contributed by atoms with Gasteiger partial charge in [0, 0.05) is 24.5 Å². The Morgan fingerprint density at radius 2 is 2.27 bits per heavy atom. The summed E-state index contributed by atoms with van der Waals surface area (Å²) in [5.41, 5.74) is 1.86. The number of carbonyl (C=O) groups is 1. The number of hydrogen-bond donors (Lipinski definition) is 1. The molecule has 0 bridgehead atoms. The predicted octanol–water partition coefficient (Wildman–Crippen LogP) is 3.05. The van der Waals surface area contributed by atoms with Crippen molar-refractivity contribution >= 4 is 23.3 Å². The summed E-state index contributed by atoms with van der Waals surface area (Å²) in [6, 6.07) is 7.36. The number of hydrogen-bond acceptors (Lipinski definition) is 3. The third-order valence-electron chi connectivity index (χ3n) is 3.30. The molecule has 1 aliphatic rings. The number of amides is 2. The first-order valence-corrected chi connectivity index (χ1v) is 7.64. The average molecular weight is 322 g/mol. The van der Waals surface area contributed by atoms with E-state index in [0.717, 1.165) is 11.3 Å².